The third-order valence-corrected chi connectivity index (χ3v) is 4.11. The largest absolute Gasteiger partial charge is 0.463 e. The molecule has 1 heterocycles. The van der Waals surface area contributed by atoms with Crippen molar-refractivity contribution in [3.63, 3.8) is 0 Å². The standard InChI is InChI=1S/C19H16F3NO3/c1-2-26-17(24)18(25,19(20,21)22)15-13-10-6-7-11-14(13)23-16(15)12-8-4-3-5-9-12/h3-11,23,25H,2H2,1H3/t18-/m0/s1. The summed E-state index contributed by atoms with van der Waals surface area (Å²) in [6.45, 7) is 1.09. The molecule has 0 aliphatic heterocycles. The first-order valence-corrected chi connectivity index (χ1v) is 7.93. The quantitative estimate of drug-likeness (QED) is 0.685. The van der Waals surface area contributed by atoms with E-state index in [0.717, 1.165) is 0 Å². The number of fused-ring (bicyclic) bond motifs is 1. The van der Waals surface area contributed by atoms with E-state index >= 15 is 0 Å². The van der Waals surface area contributed by atoms with Crippen LogP contribution in [0, 0.1) is 0 Å². The van der Waals surface area contributed by atoms with Crippen LogP contribution in [0.5, 0.6) is 0 Å². The number of hydrogen-bond acceptors (Lipinski definition) is 3. The Morgan fingerprint density at radius 1 is 1.08 bits per heavy atom. The van der Waals surface area contributed by atoms with Gasteiger partial charge in [0.15, 0.2) is 0 Å². The predicted octanol–water partition coefficient (Wildman–Crippen LogP) is 4.15. The molecular formula is C19H16F3NO3. The normalized spacial score (nSPS) is 14.2. The predicted molar refractivity (Wildman–Crippen MR) is 90.3 cm³/mol. The molecule has 1 aromatic heterocycles. The topological polar surface area (TPSA) is 62.3 Å². The Kier molecular flexibility index (Phi) is 4.50. The van der Waals surface area contributed by atoms with Crippen LogP contribution in [0.2, 0.25) is 0 Å². The summed E-state index contributed by atoms with van der Waals surface area (Å²) in [5, 5.41) is 10.7. The molecule has 136 valence electrons. The lowest BCUT2D eigenvalue weighted by Gasteiger charge is -2.29. The molecule has 7 heteroatoms. The SMILES string of the molecule is CCOC(=O)[C@@](O)(c1c(-c2ccccc2)[nH]c2ccccc12)C(F)(F)F. The van der Waals surface area contributed by atoms with Crippen molar-refractivity contribution in [1.82, 2.24) is 4.98 Å². The Labute approximate surface area is 147 Å². The van der Waals surface area contributed by atoms with Crippen LogP contribution in [0.1, 0.15) is 12.5 Å². The Morgan fingerprint density at radius 3 is 2.31 bits per heavy atom. The van der Waals surface area contributed by atoms with Crippen LogP contribution in [-0.4, -0.2) is 28.8 Å². The van der Waals surface area contributed by atoms with E-state index < -0.39 is 23.3 Å². The van der Waals surface area contributed by atoms with Gasteiger partial charge in [0.05, 0.1) is 12.3 Å². The number of aliphatic hydroxyl groups is 1. The van der Waals surface area contributed by atoms with Crippen LogP contribution in [0.4, 0.5) is 13.2 Å². The lowest BCUT2D eigenvalue weighted by molar-refractivity contribution is -0.267. The molecule has 2 N–H and O–H groups in total. The Morgan fingerprint density at radius 2 is 1.69 bits per heavy atom. The number of para-hydroxylation sites is 1. The van der Waals surface area contributed by atoms with Crippen LogP contribution in [0.15, 0.2) is 54.6 Å². The lowest BCUT2D eigenvalue weighted by atomic mass is 9.88. The zero-order valence-electron chi connectivity index (χ0n) is 13.8. The van der Waals surface area contributed by atoms with Crippen molar-refractivity contribution in [2.24, 2.45) is 0 Å². The monoisotopic (exact) mass is 363 g/mol. The summed E-state index contributed by atoms with van der Waals surface area (Å²) in [4.78, 5) is 15.1. The van der Waals surface area contributed by atoms with Gasteiger partial charge in [-0.1, -0.05) is 48.5 Å². The number of aromatic amines is 1. The lowest BCUT2D eigenvalue weighted by Crippen LogP contribution is -2.50. The van der Waals surface area contributed by atoms with Crippen LogP contribution in [0.25, 0.3) is 22.2 Å². The molecule has 3 rings (SSSR count). The molecule has 0 unspecified atom stereocenters. The first-order chi connectivity index (χ1) is 12.3. The zero-order chi connectivity index (χ0) is 18.9. The summed E-state index contributed by atoms with van der Waals surface area (Å²) in [5.41, 5.74) is -3.57. The molecule has 0 fully saturated rings. The fourth-order valence-corrected chi connectivity index (χ4v) is 2.93. The van der Waals surface area contributed by atoms with Gasteiger partial charge in [-0.05, 0) is 18.6 Å². The van der Waals surface area contributed by atoms with Gasteiger partial charge in [-0.3, -0.25) is 0 Å². The molecule has 0 aliphatic carbocycles. The average Bonchev–Trinajstić information content (AvgIpc) is 3.01. The van der Waals surface area contributed by atoms with Crippen molar-refractivity contribution in [2.75, 3.05) is 6.61 Å². The number of esters is 1. The molecule has 26 heavy (non-hydrogen) atoms. The number of halogens is 3. The smallest absolute Gasteiger partial charge is 0.432 e. The molecule has 0 radical (unpaired) electrons. The maximum atomic E-state index is 13.9. The molecule has 1 atom stereocenters. The molecule has 4 nitrogen and oxygen atoms in total. The number of rotatable bonds is 4. The van der Waals surface area contributed by atoms with E-state index in [1.54, 1.807) is 42.5 Å². The molecule has 2 aromatic carbocycles. The van der Waals surface area contributed by atoms with Gasteiger partial charge < -0.3 is 14.8 Å². The van der Waals surface area contributed by atoms with E-state index in [9.17, 15) is 23.1 Å². The first-order valence-electron chi connectivity index (χ1n) is 7.93. The second-order valence-electron chi connectivity index (χ2n) is 5.72. The average molecular weight is 363 g/mol. The molecule has 0 bridgehead atoms. The van der Waals surface area contributed by atoms with Crippen LogP contribution >= 0.6 is 0 Å². The van der Waals surface area contributed by atoms with Gasteiger partial charge in [-0.25, -0.2) is 4.79 Å². The molecule has 0 aliphatic rings. The van der Waals surface area contributed by atoms with Gasteiger partial charge in [0.2, 0.25) is 0 Å². The van der Waals surface area contributed by atoms with Gasteiger partial charge in [0.1, 0.15) is 0 Å². The van der Waals surface area contributed by atoms with Crippen molar-refractivity contribution in [2.45, 2.75) is 18.7 Å². The van der Waals surface area contributed by atoms with Gasteiger partial charge in [0, 0.05) is 16.5 Å². The summed E-state index contributed by atoms with van der Waals surface area (Å²) < 4.78 is 46.3. The number of alkyl halides is 3. The first kappa shape index (κ1) is 18.0. The molecule has 0 amide bonds. The number of benzene rings is 2. The molecule has 0 saturated heterocycles. The van der Waals surface area contributed by atoms with E-state index in [4.69, 9.17) is 0 Å². The van der Waals surface area contributed by atoms with E-state index in [1.807, 2.05) is 0 Å². The van der Waals surface area contributed by atoms with Crippen LogP contribution < -0.4 is 0 Å². The second-order valence-corrected chi connectivity index (χ2v) is 5.72. The summed E-state index contributed by atoms with van der Waals surface area (Å²) >= 11 is 0. The van der Waals surface area contributed by atoms with Gasteiger partial charge >= 0.3 is 12.1 Å². The fourth-order valence-electron chi connectivity index (χ4n) is 2.93. The van der Waals surface area contributed by atoms with E-state index in [2.05, 4.69) is 9.72 Å². The molecular weight excluding hydrogens is 347 g/mol. The summed E-state index contributed by atoms with van der Waals surface area (Å²) in [6.07, 6.45) is -5.27. The third-order valence-electron chi connectivity index (χ3n) is 4.11. The Balaban J connectivity index is 2.39. The van der Waals surface area contributed by atoms with E-state index in [0.29, 0.717) is 11.1 Å². The fraction of sp³-hybridized carbons (Fsp3) is 0.211. The Bertz CT molecular complexity index is 934. The molecule has 3 aromatic rings. The summed E-state index contributed by atoms with van der Waals surface area (Å²) in [6, 6.07) is 14.4. The summed E-state index contributed by atoms with van der Waals surface area (Å²) in [7, 11) is 0. The van der Waals surface area contributed by atoms with Crippen molar-refractivity contribution >= 4 is 16.9 Å². The van der Waals surface area contributed by atoms with Crippen molar-refractivity contribution in [3.05, 3.63) is 60.2 Å². The van der Waals surface area contributed by atoms with E-state index in [-0.39, 0.29) is 17.7 Å². The number of carbonyl (C=O) groups is 1. The maximum Gasteiger partial charge on any atom is 0.432 e. The minimum Gasteiger partial charge on any atom is -0.463 e. The minimum absolute atomic E-state index is 0.0136. The van der Waals surface area contributed by atoms with E-state index in [1.165, 1.54) is 19.1 Å². The van der Waals surface area contributed by atoms with Crippen LogP contribution in [-0.2, 0) is 15.1 Å². The number of hydrogen-bond donors (Lipinski definition) is 2. The summed E-state index contributed by atoms with van der Waals surface area (Å²) in [5.74, 6) is -1.76. The molecule has 0 spiro atoms. The van der Waals surface area contributed by atoms with Gasteiger partial charge in [-0.2, -0.15) is 13.2 Å². The van der Waals surface area contributed by atoms with Gasteiger partial charge in [-0.15, -0.1) is 0 Å². The van der Waals surface area contributed by atoms with Crippen molar-refractivity contribution < 1.29 is 27.8 Å². The van der Waals surface area contributed by atoms with Crippen LogP contribution in [0.3, 0.4) is 0 Å². The number of carbonyl (C=O) groups excluding carboxylic acids is 1. The maximum absolute atomic E-state index is 13.9. The number of H-pyrrole nitrogens is 1. The van der Waals surface area contributed by atoms with Crippen molar-refractivity contribution in [1.29, 1.82) is 0 Å². The third kappa shape index (κ3) is 2.74. The zero-order valence-corrected chi connectivity index (χ0v) is 13.8. The number of ether oxygens (including phenoxy) is 1. The minimum atomic E-state index is -5.27. The number of aromatic nitrogens is 1. The highest BCUT2D eigenvalue weighted by atomic mass is 19.4. The molecule has 0 saturated carbocycles. The highest BCUT2D eigenvalue weighted by molar-refractivity contribution is 5.98. The highest BCUT2D eigenvalue weighted by Gasteiger charge is 2.64. The Hall–Kier alpha value is -2.80. The second kappa shape index (κ2) is 6.49. The van der Waals surface area contributed by atoms with Crippen molar-refractivity contribution in [3.8, 4) is 11.3 Å². The highest BCUT2D eigenvalue weighted by Crippen LogP contribution is 2.47. The van der Waals surface area contributed by atoms with Gasteiger partial charge in [0.25, 0.3) is 5.60 Å². The number of nitrogens with one attached hydrogen (secondary N) is 1.